The number of aliphatic hydroxyl groups excluding tert-OH is 1. The van der Waals surface area contributed by atoms with Crippen LogP contribution in [-0.4, -0.2) is 68.5 Å². The van der Waals surface area contributed by atoms with Crippen LogP contribution in [0.3, 0.4) is 0 Å². The molecule has 1 saturated carbocycles. The van der Waals surface area contributed by atoms with Crippen LogP contribution in [0.2, 0.25) is 0 Å². The largest absolute Gasteiger partial charge is 0.390 e. The van der Waals surface area contributed by atoms with Crippen molar-refractivity contribution in [2.45, 2.75) is 37.8 Å². The summed E-state index contributed by atoms with van der Waals surface area (Å²) in [6.07, 6.45) is 5.70. The van der Waals surface area contributed by atoms with Crippen LogP contribution in [0.4, 0.5) is 4.39 Å². The molecule has 1 amide bonds. The molecular formula is C18H23FN4O2. The minimum atomic E-state index is -0.646. The summed E-state index contributed by atoms with van der Waals surface area (Å²) >= 11 is 0. The topological polar surface area (TPSA) is 61.1 Å². The van der Waals surface area contributed by atoms with Gasteiger partial charge < -0.3 is 10.0 Å². The number of hydrogen-bond acceptors (Lipinski definition) is 4. The molecule has 1 unspecified atom stereocenters. The van der Waals surface area contributed by atoms with Crippen molar-refractivity contribution in [3.8, 4) is 0 Å². The molecule has 6 nitrogen and oxygen atoms in total. The lowest BCUT2D eigenvalue weighted by Gasteiger charge is -2.27. The van der Waals surface area contributed by atoms with Crippen molar-refractivity contribution in [2.75, 3.05) is 26.2 Å². The van der Waals surface area contributed by atoms with Crippen molar-refractivity contribution in [3.05, 3.63) is 36.0 Å². The van der Waals surface area contributed by atoms with Crippen LogP contribution in [0.1, 0.15) is 36.2 Å². The molecule has 0 aromatic carbocycles. The third-order valence-electron chi connectivity index (χ3n) is 5.34. The molecule has 2 fully saturated rings. The van der Waals surface area contributed by atoms with Crippen LogP contribution in [0, 0.1) is 5.95 Å². The van der Waals surface area contributed by atoms with Gasteiger partial charge in [0.05, 0.1) is 6.10 Å². The van der Waals surface area contributed by atoms with Gasteiger partial charge in [-0.15, -0.1) is 0 Å². The average molecular weight is 346 g/mol. The summed E-state index contributed by atoms with van der Waals surface area (Å²) in [5.41, 5.74) is 0.235. The zero-order valence-corrected chi connectivity index (χ0v) is 14.1. The summed E-state index contributed by atoms with van der Waals surface area (Å²) in [4.78, 5) is 20.8. The molecule has 1 saturated heterocycles. The highest BCUT2D eigenvalue weighted by molar-refractivity contribution is 5.93. The van der Waals surface area contributed by atoms with Crippen LogP contribution in [-0.2, 0) is 0 Å². The number of nitrogens with zero attached hydrogens (tertiary/aromatic N) is 4. The molecule has 2 aromatic rings. The highest BCUT2D eigenvalue weighted by atomic mass is 19.1. The Bertz CT molecular complexity index is 772. The van der Waals surface area contributed by atoms with Gasteiger partial charge in [0.2, 0.25) is 5.95 Å². The highest BCUT2D eigenvalue weighted by Gasteiger charge is 2.32. The van der Waals surface area contributed by atoms with E-state index in [9.17, 15) is 14.3 Å². The number of aromatic nitrogens is 2. The molecule has 2 aromatic heterocycles. The maximum Gasteiger partial charge on any atom is 0.277 e. The van der Waals surface area contributed by atoms with E-state index < -0.39 is 18.0 Å². The number of imidazole rings is 1. The number of fused-ring (bicyclic) bond motifs is 1. The maximum absolute atomic E-state index is 14.5. The smallest absolute Gasteiger partial charge is 0.277 e. The number of β-amino-alcohol motifs (C(OH)–C–C–N with tert-alkyl or cyclic N) is 1. The van der Waals surface area contributed by atoms with Gasteiger partial charge in [-0.05, 0) is 25.0 Å². The first kappa shape index (κ1) is 16.5. The summed E-state index contributed by atoms with van der Waals surface area (Å²) in [6, 6.07) is 5.61. The van der Waals surface area contributed by atoms with Crippen LogP contribution < -0.4 is 0 Å². The number of carbonyl (C=O) groups is 1. The Hall–Kier alpha value is -1.99. The number of hydrogen-bond donors (Lipinski definition) is 1. The molecule has 7 heteroatoms. The first-order valence-electron chi connectivity index (χ1n) is 8.97. The first-order valence-corrected chi connectivity index (χ1v) is 8.97. The Morgan fingerprint density at radius 2 is 2.00 bits per heavy atom. The molecular weight excluding hydrogens is 323 g/mol. The molecule has 0 spiro atoms. The van der Waals surface area contributed by atoms with E-state index in [-0.39, 0.29) is 12.2 Å². The lowest BCUT2D eigenvalue weighted by atomic mass is 10.2. The van der Waals surface area contributed by atoms with Crippen LogP contribution in [0.5, 0.6) is 0 Å². The van der Waals surface area contributed by atoms with Gasteiger partial charge in [0.15, 0.2) is 5.69 Å². The van der Waals surface area contributed by atoms with Crippen LogP contribution >= 0.6 is 0 Å². The number of aliphatic hydroxyl groups is 1. The number of pyridine rings is 1. The summed E-state index contributed by atoms with van der Waals surface area (Å²) in [5, 5.41) is 10.3. The quantitative estimate of drug-likeness (QED) is 0.896. The fraction of sp³-hybridized carbons (Fsp3) is 0.556. The summed E-state index contributed by atoms with van der Waals surface area (Å²) in [5.74, 6) is -1.10. The van der Waals surface area contributed by atoms with Crippen LogP contribution in [0.25, 0.3) is 5.65 Å². The number of rotatable bonds is 2. The second kappa shape index (κ2) is 6.72. The van der Waals surface area contributed by atoms with E-state index in [1.807, 2.05) is 0 Å². The molecule has 1 aliphatic heterocycles. The molecule has 0 bridgehead atoms. The normalized spacial score (nSPS) is 23.3. The van der Waals surface area contributed by atoms with E-state index in [4.69, 9.17) is 0 Å². The number of carbonyl (C=O) groups excluding carboxylic acids is 1. The molecule has 2 aliphatic rings. The molecule has 3 heterocycles. The zero-order valence-electron chi connectivity index (χ0n) is 14.1. The second-order valence-corrected chi connectivity index (χ2v) is 7.02. The van der Waals surface area contributed by atoms with Gasteiger partial charge >= 0.3 is 0 Å². The molecule has 4 rings (SSSR count). The van der Waals surface area contributed by atoms with Gasteiger partial charge in [0.1, 0.15) is 5.65 Å². The Labute approximate surface area is 145 Å². The Balaban J connectivity index is 1.54. The summed E-state index contributed by atoms with van der Waals surface area (Å²) in [6.45, 7) is 1.99. The highest BCUT2D eigenvalue weighted by Crippen LogP contribution is 2.25. The number of halogens is 1. The van der Waals surface area contributed by atoms with E-state index >= 15 is 0 Å². The molecule has 1 aliphatic carbocycles. The Morgan fingerprint density at radius 3 is 2.76 bits per heavy atom. The SMILES string of the molecule is O=C(c1nc2ccccn2c1F)N1CCN(C2CCCC2)CC(O)C1. The van der Waals surface area contributed by atoms with Crippen molar-refractivity contribution in [1.29, 1.82) is 0 Å². The van der Waals surface area contributed by atoms with E-state index in [1.54, 1.807) is 24.4 Å². The monoisotopic (exact) mass is 346 g/mol. The molecule has 1 N–H and O–H groups in total. The Kier molecular flexibility index (Phi) is 4.43. The molecule has 134 valence electrons. The van der Waals surface area contributed by atoms with E-state index in [0.29, 0.717) is 31.3 Å². The van der Waals surface area contributed by atoms with Gasteiger partial charge in [0, 0.05) is 38.4 Å². The van der Waals surface area contributed by atoms with Gasteiger partial charge in [0.25, 0.3) is 5.91 Å². The van der Waals surface area contributed by atoms with Gasteiger partial charge in [-0.25, -0.2) is 4.98 Å². The molecule has 0 radical (unpaired) electrons. The summed E-state index contributed by atoms with van der Waals surface area (Å²) < 4.78 is 15.8. The van der Waals surface area contributed by atoms with E-state index in [1.165, 1.54) is 22.1 Å². The minimum absolute atomic E-state index is 0.173. The third kappa shape index (κ3) is 3.14. The predicted molar refractivity (Wildman–Crippen MR) is 90.9 cm³/mol. The fourth-order valence-corrected chi connectivity index (χ4v) is 4.05. The van der Waals surface area contributed by atoms with Crippen molar-refractivity contribution < 1.29 is 14.3 Å². The van der Waals surface area contributed by atoms with Gasteiger partial charge in [-0.3, -0.25) is 14.1 Å². The van der Waals surface area contributed by atoms with Crippen LogP contribution in [0.15, 0.2) is 24.4 Å². The zero-order chi connectivity index (χ0) is 17.4. The molecule has 25 heavy (non-hydrogen) atoms. The summed E-state index contributed by atoms with van der Waals surface area (Å²) in [7, 11) is 0. The van der Waals surface area contributed by atoms with Crippen molar-refractivity contribution in [3.63, 3.8) is 0 Å². The number of amides is 1. The standard InChI is InChI=1S/C18H23FN4O2/c19-17-16(20-15-7-3-4-8-23(15)17)18(25)22-10-9-21(11-14(24)12-22)13-5-1-2-6-13/h3-4,7-8,13-14,24H,1-2,5-6,9-12H2. The second-order valence-electron chi connectivity index (χ2n) is 7.02. The fourth-order valence-electron chi connectivity index (χ4n) is 4.05. The molecule has 1 atom stereocenters. The maximum atomic E-state index is 14.5. The lowest BCUT2D eigenvalue weighted by molar-refractivity contribution is 0.0646. The van der Waals surface area contributed by atoms with Crippen molar-refractivity contribution in [1.82, 2.24) is 19.2 Å². The third-order valence-corrected chi connectivity index (χ3v) is 5.34. The Morgan fingerprint density at radius 1 is 1.20 bits per heavy atom. The van der Waals surface area contributed by atoms with E-state index in [2.05, 4.69) is 9.88 Å². The van der Waals surface area contributed by atoms with Gasteiger partial charge in [-0.2, -0.15) is 4.39 Å². The average Bonchev–Trinajstić information content (AvgIpc) is 3.21. The van der Waals surface area contributed by atoms with Gasteiger partial charge in [-0.1, -0.05) is 18.9 Å². The minimum Gasteiger partial charge on any atom is -0.390 e. The van der Waals surface area contributed by atoms with E-state index in [0.717, 1.165) is 12.8 Å². The lowest BCUT2D eigenvalue weighted by Crippen LogP contribution is -2.39. The van der Waals surface area contributed by atoms with Crippen molar-refractivity contribution >= 4 is 11.6 Å². The van der Waals surface area contributed by atoms with Crippen molar-refractivity contribution in [2.24, 2.45) is 0 Å². The first-order chi connectivity index (χ1) is 12.1. The predicted octanol–water partition coefficient (Wildman–Crippen LogP) is 1.53.